The number of fused-ring (bicyclic) bond motifs is 1. The summed E-state index contributed by atoms with van der Waals surface area (Å²) in [5.41, 5.74) is 0.248. The van der Waals surface area contributed by atoms with Crippen LogP contribution in [0.5, 0.6) is 5.75 Å². The first-order valence-corrected chi connectivity index (χ1v) is 8.53. The molecular weight excluding hydrogens is 338 g/mol. The van der Waals surface area contributed by atoms with E-state index in [-0.39, 0.29) is 25.0 Å². The van der Waals surface area contributed by atoms with Gasteiger partial charge in [-0.3, -0.25) is 19.8 Å². The summed E-state index contributed by atoms with van der Waals surface area (Å²) < 4.78 is 10.6. The van der Waals surface area contributed by atoms with Crippen molar-refractivity contribution in [3.63, 3.8) is 0 Å². The average Bonchev–Trinajstić information content (AvgIpc) is 2.54. The third-order valence-electron chi connectivity index (χ3n) is 3.42. The van der Waals surface area contributed by atoms with E-state index in [1.165, 1.54) is 4.90 Å². The van der Waals surface area contributed by atoms with E-state index in [9.17, 15) is 14.4 Å². The van der Waals surface area contributed by atoms with Gasteiger partial charge in [-0.25, -0.2) is 4.79 Å². The molecule has 0 spiro atoms. The predicted molar refractivity (Wildman–Crippen MR) is 97.4 cm³/mol. The number of anilines is 2. The number of benzene rings is 1. The van der Waals surface area contributed by atoms with Crippen LogP contribution in [0.25, 0.3) is 0 Å². The summed E-state index contributed by atoms with van der Waals surface area (Å²) in [6, 6.07) is 4.88. The maximum Gasteiger partial charge on any atom is 0.412 e. The highest BCUT2D eigenvalue weighted by molar-refractivity contribution is 6.03. The highest BCUT2D eigenvalue weighted by Crippen LogP contribution is 2.34. The molecule has 1 aromatic carbocycles. The monoisotopic (exact) mass is 363 g/mol. The number of carbonyl (C=O) groups is 3. The molecule has 142 valence electrons. The quantitative estimate of drug-likeness (QED) is 0.837. The average molecular weight is 363 g/mol. The van der Waals surface area contributed by atoms with Crippen molar-refractivity contribution in [1.82, 2.24) is 5.32 Å². The maximum absolute atomic E-state index is 12.2. The van der Waals surface area contributed by atoms with Crippen LogP contribution in [0.2, 0.25) is 0 Å². The Balaban J connectivity index is 2.17. The Morgan fingerprint density at radius 1 is 1.31 bits per heavy atom. The number of carbonyl (C=O) groups excluding carboxylic acids is 3. The summed E-state index contributed by atoms with van der Waals surface area (Å²) >= 11 is 0. The molecule has 0 aliphatic carbocycles. The summed E-state index contributed by atoms with van der Waals surface area (Å²) in [4.78, 5) is 37.5. The standard InChI is InChI=1S/C18H25N3O5/c1-5-8-19-15(22)10-21-13-9-12(20-17(24)26-18(2,3)4)6-7-14(13)25-11-16(21)23/h6-7,9H,5,8,10-11H2,1-4H3,(H,19,22)(H,20,24). The topological polar surface area (TPSA) is 97.0 Å². The molecule has 0 aromatic heterocycles. The van der Waals surface area contributed by atoms with Crippen LogP contribution in [0.3, 0.4) is 0 Å². The smallest absolute Gasteiger partial charge is 0.412 e. The molecule has 3 amide bonds. The third-order valence-corrected chi connectivity index (χ3v) is 3.42. The number of hydrogen-bond acceptors (Lipinski definition) is 5. The second kappa shape index (κ2) is 8.07. The van der Waals surface area contributed by atoms with Crippen molar-refractivity contribution in [3.05, 3.63) is 18.2 Å². The van der Waals surface area contributed by atoms with Crippen LogP contribution < -0.4 is 20.3 Å². The predicted octanol–water partition coefficient (Wildman–Crippen LogP) is 2.29. The molecule has 8 heteroatoms. The number of hydrogen-bond donors (Lipinski definition) is 2. The number of nitrogens with zero attached hydrogens (tertiary/aromatic N) is 1. The lowest BCUT2D eigenvalue weighted by atomic mass is 10.2. The van der Waals surface area contributed by atoms with Crippen LogP contribution in [0, 0.1) is 0 Å². The molecule has 0 saturated heterocycles. The summed E-state index contributed by atoms with van der Waals surface area (Å²) in [5.74, 6) is -0.0975. The molecule has 0 unspecified atom stereocenters. The summed E-state index contributed by atoms with van der Waals surface area (Å²) in [7, 11) is 0. The summed E-state index contributed by atoms with van der Waals surface area (Å²) in [5, 5.41) is 5.36. The van der Waals surface area contributed by atoms with Crippen molar-refractivity contribution in [1.29, 1.82) is 0 Å². The number of rotatable bonds is 5. The Morgan fingerprint density at radius 3 is 2.69 bits per heavy atom. The summed E-state index contributed by atoms with van der Waals surface area (Å²) in [6.45, 7) is 7.56. The Bertz CT molecular complexity index is 697. The largest absolute Gasteiger partial charge is 0.482 e. The molecule has 0 atom stereocenters. The van der Waals surface area contributed by atoms with E-state index in [1.54, 1.807) is 39.0 Å². The van der Waals surface area contributed by atoms with Gasteiger partial charge in [-0.2, -0.15) is 0 Å². The van der Waals surface area contributed by atoms with E-state index in [1.807, 2.05) is 6.92 Å². The first kappa shape index (κ1) is 19.6. The Labute approximate surface area is 152 Å². The first-order valence-electron chi connectivity index (χ1n) is 8.53. The van der Waals surface area contributed by atoms with E-state index in [0.29, 0.717) is 23.7 Å². The van der Waals surface area contributed by atoms with Crippen LogP contribution in [-0.2, 0) is 14.3 Å². The fourth-order valence-electron chi connectivity index (χ4n) is 2.34. The molecule has 2 N–H and O–H groups in total. The molecule has 26 heavy (non-hydrogen) atoms. The van der Waals surface area contributed by atoms with Gasteiger partial charge < -0.3 is 14.8 Å². The number of amides is 3. The molecular formula is C18H25N3O5. The molecule has 0 radical (unpaired) electrons. The third kappa shape index (κ3) is 5.37. The van der Waals surface area contributed by atoms with E-state index in [4.69, 9.17) is 9.47 Å². The van der Waals surface area contributed by atoms with Gasteiger partial charge >= 0.3 is 6.09 Å². The fraction of sp³-hybridized carbons (Fsp3) is 0.500. The van der Waals surface area contributed by atoms with Crippen LogP contribution >= 0.6 is 0 Å². The van der Waals surface area contributed by atoms with Gasteiger partial charge in [-0.05, 0) is 45.4 Å². The highest BCUT2D eigenvalue weighted by atomic mass is 16.6. The second-order valence-electron chi connectivity index (χ2n) is 6.93. The van der Waals surface area contributed by atoms with Gasteiger partial charge in [0.1, 0.15) is 17.9 Å². The lowest BCUT2D eigenvalue weighted by Crippen LogP contribution is -2.45. The van der Waals surface area contributed by atoms with Gasteiger partial charge in [0, 0.05) is 12.2 Å². The molecule has 8 nitrogen and oxygen atoms in total. The van der Waals surface area contributed by atoms with Gasteiger partial charge in [0.2, 0.25) is 5.91 Å². The molecule has 0 saturated carbocycles. The van der Waals surface area contributed by atoms with Crippen LogP contribution in [0.15, 0.2) is 18.2 Å². The second-order valence-corrected chi connectivity index (χ2v) is 6.93. The SMILES string of the molecule is CCCNC(=O)CN1C(=O)COc2ccc(NC(=O)OC(C)(C)C)cc21. The van der Waals surface area contributed by atoms with E-state index in [0.717, 1.165) is 6.42 Å². The van der Waals surface area contributed by atoms with Crippen LogP contribution in [0.1, 0.15) is 34.1 Å². The van der Waals surface area contributed by atoms with Crippen molar-refractivity contribution >= 4 is 29.3 Å². The van der Waals surface area contributed by atoms with Gasteiger partial charge in [0.05, 0.1) is 5.69 Å². The minimum absolute atomic E-state index is 0.106. The first-order chi connectivity index (χ1) is 12.2. The normalized spacial score (nSPS) is 13.5. The zero-order valence-electron chi connectivity index (χ0n) is 15.5. The van der Waals surface area contributed by atoms with E-state index in [2.05, 4.69) is 10.6 Å². The van der Waals surface area contributed by atoms with E-state index >= 15 is 0 Å². The minimum atomic E-state index is -0.624. The van der Waals surface area contributed by atoms with Gasteiger partial charge in [0.15, 0.2) is 6.61 Å². The molecule has 0 bridgehead atoms. The van der Waals surface area contributed by atoms with Crippen molar-refractivity contribution in [2.75, 3.05) is 29.9 Å². The molecule has 1 heterocycles. The Hall–Kier alpha value is -2.77. The van der Waals surface area contributed by atoms with Gasteiger partial charge in [0.25, 0.3) is 5.91 Å². The van der Waals surface area contributed by atoms with Crippen molar-refractivity contribution in [3.8, 4) is 5.75 Å². The van der Waals surface area contributed by atoms with Crippen molar-refractivity contribution < 1.29 is 23.9 Å². The van der Waals surface area contributed by atoms with Crippen molar-refractivity contribution in [2.45, 2.75) is 39.7 Å². The zero-order chi connectivity index (χ0) is 19.3. The number of nitrogens with one attached hydrogen (secondary N) is 2. The molecule has 2 rings (SSSR count). The Morgan fingerprint density at radius 2 is 2.04 bits per heavy atom. The fourth-order valence-corrected chi connectivity index (χ4v) is 2.34. The number of ether oxygens (including phenoxy) is 2. The molecule has 1 aliphatic heterocycles. The molecule has 1 aromatic rings. The maximum atomic E-state index is 12.2. The van der Waals surface area contributed by atoms with Crippen LogP contribution in [-0.4, -0.2) is 43.2 Å². The van der Waals surface area contributed by atoms with Gasteiger partial charge in [-0.1, -0.05) is 6.92 Å². The van der Waals surface area contributed by atoms with E-state index < -0.39 is 11.7 Å². The molecule has 1 aliphatic rings. The van der Waals surface area contributed by atoms with Gasteiger partial charge in [-0.15, -0.1) is 0 Å². The minimum Gasteiger partial charge on any atom is -0.482 e. The summed E-state index contributed by atoms with van der Waals surface area (Å²) in [6.07, 6.45) is 0.205. The molecule has 0 fully saturated rings. The Kier molecular flexibility index (Phi) is 6.07. The zero-order valence-corrected chi connectivity index (χ0v) is 15.5. The lowest BCUT2D eigenvalue weighted by molar-refractivity contribution is -0.125. The van der Waals surface area contributed by atoms with Crippen molar-refractivity contribution in [2.24, 2.45) is 0 Å². The highest BCUT2D eigenvalue weighted by Gasteiger charge is 2.28. The lowest BCUT2D eigenvalue weighted by Gasteiger charge is -2.29. The van der Waals surface area contributed by atoms with Crippen LogP contribution in [0.4, 0.5) is 16.2 Å².